The van der Waals surface area contributed by atoms with Crippen molar-refractivity contribution in [1.82, 2.24) is 14.3 Å². The van der Waals surface area contributed by atoms with Crippen LogP contribution in [0.3, 0.4) is 0 Å². The lowest BCUT2D eigenvalue weighted by Crippen LogP contribution is -2.36. The maximum atomic E-state index is 12.2. The SMILES string of the molecule is COc1cc(Br)cn2cc(C3[C@H]4CN(C(=O)OC(C)(C)C)C[C@@H]34)nc12. The van der Waals surface area contributed by atoms with E-state index in [1.807, 2.05) is 42.3 Å². The van der Waals surface area contributed by atoms with Crippen LogP contribution in [0, 0.1) is 11.8 Å². The number of aromatic nitrogens is 2. The van der Waals surface area contributed by atoms with Gasteiger partial charge in [0.05, 0.1) is 12.8 Å². The molecule has 3 atom stereocenters. The molecule has 1 saturated heterocycles. The number of methoxy groups -OCH3 is 1. The number of imidazole rings is 1. The molecule has 0 bridgehead atoms. The number of amides is 1. The van der Waals surface area contributed by atoms with Crippen molar-refractivity contribution in [3.8, 4) is 5.75 Å². The Morgan fingerprint density at radius 3 is 2.56 bits per heavy atom. The van der Waals surface area contributed by atoms with Gasteiger partial charge in [-0.05, 0) is 54.6 Å². The fraction of sp³-hybridized carbons (Fsp3) is 0.556. The number of nitrogens with zero attached hydrogens (tertiary/aromatic N) is 3. The lowest BCUT2D eigenvalue weighted by atomic mass is 10.2. The third-order valence-corrected chi connectivity index (χ3v) is 5.34. The van der Waals surface area contributed by atoms with Crippen LogP contribution in [0.25, 0.3) is 5.65 Å². The van der Waals surface area contributed by atoms with Gasteiger partial charge < -0.3 is 18.8 Å². The van der Waals surface area contributed by atoms with Crippen LogP contribution in [-0.2, 0) is 4.74 Å². The molecule has 1 amide bonds. The van der Waals surface area contributed by atoms with Gasteiger partial charge in [-0.15, -0.1) is 0 Å². The summed E-state index contributed by atoms with van der Waals surface area (Å²) in [6.07, 6.45) is 3.85. The van der Waals surface area contributed by atoms with Crippen molar-refractivity contribution in [2.75, 3.05) is 20.2 Å². The number of hydrogen-bond donors (Lipinski definition) is 0. The minimum Gasteiger partial charge on any atom is -0.493 e. The molecule has 0 N–H and O–H groups in total. The van der Waals surface area contributed by atoms with E-state index in [4.69, 9.17) is 14.5 Å². The number of carbonyl (C=O) groups excluding carboxylic acids is 1. The Morgan fingerprint density at radius 1 is 1.28 bits per heavy atom. The lowest BCUT2D eigenvalue weighted by Gasteiger charge is -2.25. The summed E-state index contributed by atoms with van der Waals surface area (Å²) < 4.78 is 13.8. The van der Waals surface area contributed by atoms with Crippen molar-refractivity contribution >= 4 is 27.7 Å². The largest absolute Gasteiger partial charge is 0.493 e. The molecule has 1 unspecified atom stereocenters. The monoisotopic (exact) mass is 407 g/mol. The van der Waals surface area contributed by atoms with Crippen molar-refractivity contribution in [3.05, 3.63) is 28.6 Å². The maximum Gasteiger partial charge on any atom is 0.410 e. The van der Waals surface area contributed by atoms with Gasteiger partial charge >= 0.3 is 6.09 Å². The summed E-state index contributed by atoms with van der Waals surface area (Å²) in [5, 5.41) is 0. The van der Waals surface area contributed by atoms with Crippen molar-refractivity contribution < 1.29 is 14.3 Å². The predicted molar refractivity (Wildman–Crippen MR) is 97.0 cm³/mol. The van der Waals surface area contributed by atoms with Crippen LogP contribution in [-0.4, -0.2) is 46.2 Å². The summed E-state index contributed by atoms with van der Waals surface area (Å²) in [5.74, 6) is 2.13. The van der Waals surface area contributed by atoms with E-state index in [1.165, 1.54) is 0 Å². The van der Waals surface area contributed by atoms with E-state index in [9.17, 15) is 4.79 Å². The Hall–Kier alpha value is -1.76. The second-order valence-corrected chi connectivity index (χ2v) is 8.78. The molecule has 1 aliphatic heterocycles. The fourth-order valence-corrected chi connectivity index (χ4v) is 4.23. The highest BCUT2D eigenvalue weighted by molar-refractivity contribution is 9.10. The molecular formula is C18H22BrN3O3. The number of hydrogen-bond acceptors (Lipinski definition) is 4. The number of likely N-dealkylation sites (tertiary alicyclic amines) is 1. The number of halogens is 1. The molecule has 0 aromatic carbocycles. The number of piperidine rings is 1. The first-order valence-electron chi connectivity index (χ1n) is 8.47. The molecule has 2 aromatic heterocycles. The predicted octanol–water partition coefficient (Wildman–Crippen LogP) is 3.69. The van der Waals surface area contributed by atoms with Crippen LogP contribution in [0.5, 0.6) is 5.75 Å². The summed E-state index contributed by atoms with van der Waals surface area (Å²) in [6.45, 7) is 7.18. The van der Waals surface area contributed by atoms with Gasteiger partial charge in [-0.25, -0.2) is 9.78 Å². The van der Waals surface area contributed by atoms with E-state index in [0.717, 1.165) is 34.7 Å². The normalized spacial score (nSPS) is 25.2. The van der Waals surface area contributed by atoms with Gasteiger partial charge in [-0.3, -0.25) is 0 Å². The van der Waals surface area contributed by atoms with Gasteiger partial charge in [-0.2, -0.15) is 0 Å². The van der Waals surface area contributed by atoms with Gasteiger partial charge in [0.15, 0.2) is 11.4 Å². The Labute approximate surface area is 155 Å². The minimum absolute atomic E-state index is 0.209. The van der Waals surface area contributed by atoms with E-state index in [-0.39, 0.29) is 6.09 Å². The van der Waals surface area contributed by atoms with Crippen LogP contribution in [0.2, 0.25) is 0 Å². The number of rotatable bonds is 2. The Balaban J connectivity index is 1.49. The second kappa shape index (κ2) is 5.62. The average molecular weight is 408 g/mol. The Kier molecular flexibility index (Phi) is 3.76. The third-order valence-electron chi connectivity index (χ3n) is 4.91. The molecule has 4 rings (SSSR count). The van der Waals surface area contributed by atoms with Crippen molar-refractivity contribution in [1.29, 1.82) is 0 Å². The second-order valence-electron chi connectivity index (χ2n) is 7.86. The van der Waals surface area contributed by atoms with Crippen LogP contribution in [0.4, 0.5) is 4.79 Å². The van der Waals surface area contributed by atoms with Gasteiger partial charge in [-0.1, -0.05) is 0 Å². The number of ether oxygens (including phenoxy) is 2. The standard InChI is InChI=1S/C18H22BrN3O3/c1-18(2,3)25-17(23)22-7-11-12(8-22)15(11)13-9-21-6-10(19)5-14(24-4)16(21)20-13/h5-6,9,11-12,15H,7-8H2,1-4H3/t11-,12+,15?. The molecule has 2 aromatic rings. The lowest BCUT2D eigenvalue weighted by molar-refractivity contribution is 0.0271. The topological polar surface area (TPSA) is 56.1 Å². The highest BCUT2D eigenvalue weighted by atomic mass is 79.9. The number of fused-ring (bicyclic) bond motifs is 2. The summed E-state index contributed by atoms with van der Waals surface area (Å²) in [5.41, 5.74) is 1.46. The highest BCUT2D eigenvalue weighted by Gasteiger charge is 2.58. The van der Waals surface area contributed by atoms with E-state index in [2.05, 4.69) is 22.1 Å². The van der Waals surface area contributed by atoms with Gasteiger partial charge in [0.25, 0.3) is 0 Å². The van der Waals surface area contributed by atoms with E-state index in [0.29, 0.717) is 17.8 Å². The average Bonchev–Trinajstić information content (AvgIpc) is 2.87. The molecule has 2 aliphatic rings. The summed E-state index contributed by atoms with van der Waals surface area (Å²) in [7, 11) is 1.65. The summed E-state index contributed by atoms with van der Waals surface area (Å²) in [4.78, 5) is 18.8. The van der Waals surface area contributed by atoms with Crippen LogP contribution in [0.15, 0.2) is 22.9 Å². The molecule has 25 heavy (non-hydrogen) atoms. The molecule has 6 nitrogen and oxygen atoms in total. The van der Waals surface area contributed by atoms with E-state index < -0.39 is 5.60 Å². The summed E-state index contributed by atoms with van der Waals surface area (Å²) in [6, 6.07) is 1.92. The molecule has 7 heteroatoms. The fourth-order valence-electron chi connectivity index (χ4n) is 3.80. The molecule has 2 fully saturated rings. The van der Waals surface area contributed by atoms with Crippen molar-refractivity contribution in [2.24, 2.45) is 11.8 Å². The molecule has 0 spiro atoms. The first kappa shape index (κ1) is 16.7. The maximum absolute atomic E-state index is 12.2. The zero-order valence-electron chi connectivity index (χ0n) is 14.8. The molecule has 1 aliphatic carbocycles. The highest BCUT2D eigenvalue weighted by Crippen LogP contribution is 2.58. The third kappa shape index (κ3) is 2.99. The van der Waals surface area contributed by atoms with Crippen LogP contribution in [0.1, 0.15) is 32.4 Å². The summed E-state index contributed by atoms with van der Waals surface area (Å²) >= 11 is 3.50. The van der Waals surface area contributed by atoms with Gasteiger partial charge in [0.2, 0.25) is 0 Å². The van der Waals surface area contributed by atoms with Gasteiger partial charge in [0, 0.05) is 35.9 Å². The van der Waals surface area contributed by atoms with Gasteiger partial charge in [0.1, 0.15) is 5.60 Å². The Morgan fingerprint density at radius 2 is 1.96 bits per heavy atom. The molecule has 134 valence electrons. The first-order chi connectivity index (χ1) is 11.8. The molecular weight excluding hydrogens is 386 g/mol. The van der Waals surface area contributed by atoms with Crippen molar-refractivity contribution in [2.45, 2.75) is 32.3 Å². The smallest absolute Gasteiger partial charge is 0.410 e. The number of carbonyl (C=O) groups is 1. The molecule has 1 saturated carbocycles. The Bertz CT molecular complexity index is 830. The number of pyridine rings is 1. The van der Waals surface area contributed by atoms with Crippen LogP contribution < -0.4 is 4.74 Å². The van der Waals surface area contributed by atoms with E-state index in [1.54, 1.807) is 7.11 Å². The quantitative estimate of drug-likeness (QED) is 0.761. The van der Waals surface area contributed by atoms with E-state index >= 15 is 0 Å². The zero-order valence-corrected chi connectivity index (χ0v) is 16.4. The van der Waals surface area contributed by atoms with Crippen molar-refractivity contribution in [3.63, 3.8) is 0 Å². The molecule has 0 radical (unpaired) electrons. The zero-order chi connectivity index (χ0) is 17.9. The molecule has 3 heterocycles. The minimum atomic E-state index is -0.450. The first-order valence-corrected chi connectivity index (χ1v) is 9.26. The van der Waals surface area contributed by atoms with Crippen LogP contribution >= 0.6 is 15.9 Å².